The third-order valence-corrected chi connectivity index (χ3v) is 2.99. The van der Waals surface area contributed by atoms with Crippen molar-refractivity contribution in [1.29, 1.82) is 0 Å². The van der Waals surface area contributed by atoms with E-state index in [-0.39, 0.29) is 11.9 Å². The lowest BCUT2D eigenvalue weighted by Gasteiger charge is -2.13. The second-order valence-electron chi connectivity index (χ2n) is 4.46. The van der Waals surface area contributed by atoms with Crippen LogP contribution < -0.4 is 11.1 Å². The molecule has 1 saturated carbocycles. The summed E-state index contributed by atoms with van der Waals surface area (Å²) < 4.78 is 5.64. The maximum Gasteiger partial charge on any atom is 0.236 e. The summed E-state index contributed by atoms with van der Waals surface area (Å²) in [5, 5.41) is 2.80. The fourth-order valence-corrected chi connectivity index (χ4v) is 2.03. The molecule has 4 heteroatoms. The third-order valence-electron chi connectivity index (χ3n) is 2.99. The summed E-state index contributed by atoms with van der Waals surface area (Å²) in [6, 6.07) is -0.364. The van der Waals surface area contributed by atoms with Crippen molar-refractivity contribution in [3.8, 4) is 0 Å². The van der Waals surface area contributed by atoms with Gasteiger partial charge in [0.25, 0.3) is 0 Å². The van der Waals surface area contributed by atoms with Gasteiger partial charge < -0.3 is 15.8 Å². The van der Waals surface area contributed by atoms with E-state index >= 15 is 0 Å². The molecule has 1 atom stereocenters. The number of hydrogen-bond donors (Lipinski definition) is 2. The van der Waals surface area contributed by atoms with Gasteiger partial charge in [0.15, 0.2) is 0 Å². The molecule has 0 saturated heterocycles. The Hall–Kier alpha value is -0.610. The van der Waals surface area contributed by atoms with Gasteiger partial charge in [0.1, 0.15) is 0 Å². The smallest absolute Gasteiger partial charge is 0.236 e. The average Bonchev–Trinajstić information content (AvgIpc) is 2.77. The first-order valence-electron chi connectivity index (χ1n) is 6.39. The second-order valence-corrected chi connectivity index (χ2v) is 4.46. The minimum atomic E-state index is -0.364. The van der Waals surface area contributed by atoms with Crippen molar-refractivity contribution in [2.45, 2.75) is 57.6 Å². The van der Waals surface area contributed by atoms with Crippen LogP contribution in [0.3, 0.4) is 0 Å². The molecule has 0 aliphatic heterocycles. The largest absolute Gasteiger partial charge is 0.376 e. The lowest BCUT2D eigenvalue weighted by atomic mass is 10.2. The van der Waals surface area contributed by atoms with E-state index < -0.39 is 0 Å². The summed E-state index contributed by atoms with van der Waals surface area (Å²) in [6.07, 6.45) is 6.99. The number of carbonyl (C=O) groups is 1. The fraction of sp³-hybridized carbons (Fsp3) is 0.917. The SMILES string of the molecule is CCC[C@@H](N)C(=O)NCCOC1CCCC1. The molecule has 0 spiro atoms. The molecule has 0 aromatic carbocycles. The molecule has 1 fully saturated rings. The summed E-state index contributed by atoms with van der Waals surface area (Å²) in [4.78, 5) is 11.4. The van der Waals surface area contributed by atoms with Crippen LogP contribution in [0.25, 0.3) is 0 Å². The predicted octanol–water partition coefficient (Wildman–Crippen LogP) is 1.19. The number of amides is 1. The molecule has 4 nitrogen and oxygen atoms in total. The molecule has 3 N–H and O–H groups in total. The van der Waals surface area contributed by atoms with Crippen LogP contribution in [0.4, 0.5) is 0 Å². The summed E-state index contributed by atoms with van der Waals surface area (Å²) >= 11 is 0. The number of rotatable bonds is 7. The van der Waals surface area contributed by atoms with Crippen LogP contribution in [0.5, 0.6) is 0 Å². The fourth-order valence-electron chi connectivity index (χ4n) is 2.03. The van der Waals surface area contributed by atoms with E-state index in [9.17, 15) is 4.79 Å². The van der Waals surface area contributed by atoms with Gasteiger partial charge in [0.05, 0.1) is 18.8 Å². The third kappa shape index (κ3) is 4.94. The van der Waals surface area contributed by atoms with Gasteiger partial charge in [-0.3, -0.25) is 4.79 Å². The molecule has 0 aromatic rings. The maximum absolute atomic E-state index is 11.4. The monoisotopic (exact) mass is 228 g/mol. The van der Waals surface area contributed by atoms with Crippen molar-refractivity contribution < 1.29 is 9.53 Å². The molecule has 1 rings (SSSR count). The molecule has 0 bridgehead atoms. The van der Waals surface area contributed by atoms with Crippen molar-refractivity contribution in [3.05, 3.63) is 0 Å². The Bertz CT molecular complexity index is 203. The van der Waals surface area contributed by atoms with Crippen LogP contribution in [-0.4, -0.2) is 31.2 Å². The van der Waals surface area contributed by atoms with E-state index in [0.29, 0.717) is 19.3 Å². The van der Waals surface area contributed by atoms with Gasteiger partial charge in [-0.2, -0.15) is 0 Å². The normalized spacial score (nSPS) is 18.6. The number of ether oxygens (including phenoxy) is 1. The lowest BCUT2D eigenvalue weighted by Crippen LogP contribution is -2.41. The molecule has 0 unspecified atom stereocenters. The highest BCUT2D eigenvalue weighted by atomic mass is 16.5. The van der Waals surface area contributed by atoms with Crippen molar-refractivity contribution in [1.82, 2.24) is 5.32 Å². The molecule has 94 valence electrons. The molecule has 1 aliphatic carbocycles. The number of nitrogens with two attached hydrogens (primary N) is 1. The zero-order chi connectivity index (χ0) is 11.8. The standard InChI is InChI=1S/C12H24N2O2/c1-2-5-11(13)12(15)14-8-9-16-10-6-3-4-7-10/h10-11H,2-9,13H2,1H3,(H,14,15)/t11-/m1/s1. The van der Waals surface area contributed by atoms with Crippen LogP contribution in [0.2, 0.25) is 0 Å². The van der Waals surface area contributed by atoms with E-state index in [1.54, 1.807) is 0 Å². The summed E-state index contributed by atoms with van der Waals surface area (Å²) in [7, 11) is 0. The highest BCUT2D eigenvalue weighted by molar-refractivity contribution is 5.81. The molecule has 1 aliphatic rings. The van der Waals surface area contributed by atoms with Gasteiger partial charge in [-0.05, 0) is 19.3 Å². The quantitative estimate of drug-likeness (QED) is 0.643. The highest BCUT2D eigenvalue weighted by Gasteiger charge is 2.15. The Balaban J connectivity index is 1.99. The van der Waals surface area contributed by atoms with Gasteiger partial charge in [0.2, 0.25) is 5.91 Å². The maximum atomic E-state index is 11.4. The number of hydrogen-bond acceptors (Lipinski definition) is 3. The molecule has 0 radical (unpaired) electrons. The Morgan fingerprint density at radius 3 is 2.81 bits per heavy atom. The van der Waals surface area contributed by atoms with Crippen molar-refractivity contribution in [3.63, 3.8) is 0 Å². The van der Waals surface area contributed by atoms with Gasteiger partial charge in [-0.15, -0.1) is 0 Å². The summed E-state index contributed by atoms with van der Waals surface area (Å²) in [5.74, 6) is -0.0585. The Labute approximate surface area is 97.9 Å². The van der Waals surface area contributed by atoms with Gasteiger partial charge in [0, 0.05) is 6.54 Å². The van der Waals surface area contributed by atoms with Crippen molar-refractivity contribution in [2.24, 2.45) is 5.73 Å². The average molecular weight is 228 g/mol. The minimum absolute atomic E-state index is 0.0585. The van der Waals surface area contributed by atoms with Gasteiger partial charge in [-0.25, -0.2) is 0 Å². The van der Waals surface area contributed by atoms with E-state index in [0.717, 1.165) is 12.8 Å². The summed E-state index contributed by atoms with van der Waals surface area (Å²) in [5.41, 5.74) is 5.68. The van der Waals surface area contributed by atoms with E-state index in [1.807, 2.05) is 6.92 Å². The molecule has 0 heterocycles. The van der Waals surface area contributed by atoms with E-state index in [2.05, 4.69) is 5.32 Å². The van der Waals surface area contributed by atoms with Gasteiger partial charge in [-0.1, -0.05) is 26.2 Å². The van der Waals surface area contributed by atoms with Crippen LogP contribution in [-0.2, 0) is 9.53 Å². The molecular weight excluding hydrogens is 204 g/mol. The Morgan fingerprint density at radius 2 is 2.19 bits per heavy atom. The highest BCUT2D eigenvalue weighted by Crippen LogP contribution is 2.20. The number of nitrogens with one attached hydrogen (secondary N) is 1. The Morgan fingerprint density at radius 1 is 1.50 bits per heavy atom. The van der Waals surface area contributed by atoms with Crippen LogP contribution in [0.15, 0.2) is 0 Å². The van der Waals surface area contributed by atoms with Gasteiger partial charge >= 0.3 is 0 Å². The van der Waals surface area contributed by atoms with E-state index in [4.69, 9.17) is 10.5 Å². The first-order valence-corrected chi connectivity index (χ1v) is 6.39. The summed E-state index contributed by atoms with van der Waals surface area (Å²) in [6.45, 7) is 3.21. The number of carbonyl (C=O) groups excluding carboxylic acids is 1. The van der Waals surface area contributed by atoms with Crippen LogP contribution >= 0.6 is 0 Å². The van der Waals surface area contributed by atoms with Crippen LogP contribution in [0.1, 0.15) is 45.4 Å². The predicted molar refractivity (Wildman–Crippen MR) is 64.1 cm³/mol. The first-order chi connectivity index (χ1) is 7.74. The van der Waals surface area contributed by atoms with Crippen LogP contribution in [0, 0.1) is 0 Å². The zero-order valence-electron chi connectivity index (χ0n) is 10.2. The van der Waals surface area contributed by atoms with E-state index in [1.165, 1.54) is 25.7 Å². The zero-order valence-corrected chi connectivity index (χ0v) is 10.2. The molecule has 16 heavy (non-hydrogen) atoms. The molecular formula is C12H24N2O2. The Kier molecular flexibility index (Phi) is 6.42. The molecule has 1 amide bonds. The molecule has 0 aromatic heterocycles. The topological polar surface area (TPSA) is 64.4 Å². The van der Waals surface area contributed by atoms with Crippen molar-refractivity contribution >= 4 is 5.91 Å². The first kappa shape index (κ1) is 13.5. The minimum Gasteiger partial charge on any atom is -0.376 e. The lowest BCUT2D eigenvalue weighted by molar-refractivity contribution is -0.122. The van der Waals surface area contributed by atoms with Crippen molar-refractivity contribution in [2.75, 3.05) is 13.2 Å². The second kappa shape index (κ2) is 7.63.